The molecular weight excluding hydrogens is 396 g/mol. The fourth-order valence-electron chi connectivity index (χ4n) is 1.46. The van der Waals surface area contributed by atoms with E-state index in [1.165, 1.54) is 18.4 Å². The Morgan fingerprint density at radius 1 is 1.37 bits per heavy atom. The van der Waals surface area contributed by atoms with Crippen LogP contribution in [-0.4, -0.2) is 18.1 Å². The third-order valence-corrected chi connectivity index (χ3v) is 4.33. The number of nitrogens with zero attached hydrogens (tertiary/aromatic N) is 1. The maximum absolute atomic E-state index is 11.3. The number of benzene rings is 1. The molecule has 0 bridgehead atoms. The van der Waals surface area contributed by atoms with Crippen LogP contribution in [0.1, 0.15) is 16.1 Å². The molecule has 1 N–H and O–H groups in total. The van der Waals surface area contributed by atoms with E-state index in [9.17, 15) is 4.79 Å². The van der Waals surface area contributed by atoms with Gasteiger partial charge in [0, 0.05) is 14.3 Å². The van der Waals surface area contributed by atoms with Crippen LogP contribution in [0.15, 0.2) is 26.5 Å². The van der Waals surface area contributed by atoms with Crippen molar-refractivity contribution >= 4 is 60.0 Å². The summed E-state index contributed by atoms with van der Waals surface area (Å²) in [7, 11) is 1.34. The van der Waals surface area contributed by atoms with Crippen molar-refractivity contribution in [3.8, 4) is 0 Å². The van der Waals surface area contributed by atoms with E-state index in [2.05, 4.69) is 46.9 Å². The number of aryl methyl sites for hydroxylation is 1. The second-order valence-electron chi connectivity index (χ2n) is 3.76. The second-order valence-corrected chi connectivity index (χ2v) is 6.32. The predicted octanol–water partition coefficient (Wildman–Crippen LogP) is 4.51. The first-order valence-corrected chi connectivity index (χ1v) is 7.74. The van der Waals surface area contributed by atoms with Gasteiger partial charge in [0.2, 0.25) is 0 Å². The third-order valence-electron chi connectivity index (χ3n) is 2.32. The molecule has 0 radical (unpaired) electrons. The minimum absolute atomic E-state index is 0.300. The van der Waals surface area contributed by atoms with Crippen LogP contribution in [0.4, 0.5) is 10.8 Å². The number of hydrogen-bond acceptors (Lipinski definition) is 5. The van der Waals surface area contributed by atoms with Gasteiger partial charge in [-0.1, -0.05) is 0 Å². The summed E-state index contributed by atoms with van der Waals surface area (Å²) in [4.78, 5) is 15.5. The summed E-state index contributed by atoms with van der Waals surface area (Å²) >= 11 is 8.34. The minimum atomic E-state index is -0.439. The lowest BCUT2D eigenvalue weighted by Gasteiger charge is -2.09. The normalized spacial score (nSPS) is 10.3. The van der Waals surface area contributed by atoms with Crippen LogP contribution in [0.2, 0.25) is 0 Å². The van der Waals surface area contributed by atoms with E-state index in [1.807, 2.05) is 19.1 Å². The van der Waals surface area contributed by atoms with Gasteiger partial charge in [-0.05, 0) is 56.5 Å². The van der Waals surface area contributed by atoms with Crippen molar-refractivity contribution in [3.05, 3.63) is 37.7 Å². The Bertz CT molecular complexity index is 605. The van der Waals surface area contributed by atoms with Gasteiger partial charge in [0.05, 0.1) is 12.8 Å². The number of carbonyl (C=O) groups is 1. The van der Waals surface area contributed by atoms with E-state index in [-0.39, 0.29) is 0 Å². The van der Waals surface area contributed by atoms with Crippen molar-refractivity contribution < 1.29 is 9.53 Å². The predicted molar refractivity (Wildman–Crippen MR) is 83.3 cm³/mol. The van der Waals surface area contributed by atoms with Gasteiger partial charge in [-0.15, -0.1) is 11.3 Å². The smallest absolute Gasteiger partial charge is 0.357 e. The summed E-state index contributed by atoms with van der Waals surface area (Å²) in [5.41, 5.74) is 2.31. The van der Waals surface area contributed by atoms with Gasteiger partial charge in [0.15, 0.2) is 10.8 Å². The zero-order valence-electron chi connectivity index (χ0n) is 10.2. The van der Waals surface area contributed by atoms with Crippen molar-refractivity contribution in [1.82, 2.24) is 4.98 Å². The number of ether oxygens (including phenoxy) is 1. The summed E-state index contributed by atoms with van der Waals surface area (Å²) < 4.78 is 6.47. The van der Waals surface area contributed by atoms with Crippen molar-refractivity contribution in [2.75, 3.05) is 12.4 Å². The Kier molecular flexibility index (Phi) is 4.59. The zero-order chi connectivity index (χ0) is 14.0. The Labute approximate surface area is 131 Å². The molecule has 0 aliphatic rings. The van der Waals surface area contributed by atoms with E-state index in [0.717, 1.165) is 20.2 Å². The highest BCUT2D eigenvalue weighted by Crippen LogP contribution is 2.35. The number of nitrogens with one attached hydrogen (secondary N) is 1. The van der Waals surface area contributed by atoms with Crippen LogP contribution < -0.4 is 5.32 Å². The molecule has 0 aliphatic carbocycles. The first-order chi connectivity index (χ1) is 9.01. The molecule has 1 heterocycles. The molecule has 0 atom stereocenters. The molecule has 19 heavy (non-hydrogen) atoms. The number of methoxy groups -OCH3 is 1. The van der Waals surface area contributed by atoms with Gasteiger partial charge in [0.1, 0.15) is 0 Å². The van der Waals surface area contributed by atoms with Crippen LogP contribution in [0.5, 0.6) is 0 Å². The van der Waals surface area contributed by atoms with Crippen molar-refractivity contribution in [1.29, 1.82) is 0 Å². The largest absolute Gasteiger partial charge is 0.464 e. The van der Waals surface area contributed by atoms with Crippen LogP contribution in [-0.2, 0) is 4.74 Å². The van der Waals surface area contributed by atoms with Crippen LogP contribution in [0.3, 0.4) is 0 Å². The number of halogens is 2. The average Bonchev–Trinajstić information content (AvgIpc) is 2.81. The molecule has 100 valence electrons. The quantitative estimate of drug-likeness (QED) is 0.763. The number of aromatic nitrogens is 1. The summed E-state index contributed by atoms with van der Waals surface area (Å²) in [5, 5.41) is 5.46. The fourth-order valence-corrected chi connectivity index (χ4v) is 3.75. The van der Waals surface area contributed by atoms with E-state index in [1.54, 1.807) is 5.38 Å². The average molecular weight is 406 g/mol. The van der Waals surface area contributed by atoms with E-state index in [0.29, 0.717) is 10.8 Å². The maximum atomic E-state index is 11.3. The summed E-state index contributed by atoms with van der Waals surface area (Å²) in [6, 6.07) is 4.00. The Hall–Kier alpha value is -0.920. The molecule has 4 nitrogen and oxygen atoms in total. The summed E-state index contributed by atoms with van der Waals surface area (Å²) in [5.74, 6) is -0.439. The first kappa shape index (κ1) is 14.5. The third kappa shape index (κ3) is 3.34. The molecule has 0 spiro atoms. The highest BCUT2D eigenvalue weighted by atomic mass is 79.9. The lowest BCUT2D eigenvalue weighted by Crippen LogP contribution is -2.01. The molecule has 1 aromatic carbocycles. The minimum Gasteiger partial charge on any atom is -0.464 e. The molecule has 0 saturated carbocycles. The lowest BCUT2D eigenvalue weighted by atomic mass is 10.2. The topological polar surface area (TPSA) is 51.2 Å². The van der Waals surface area contributed by atoms with Gasteiger partial charge in [-0.25, -0.2) is 9.78 Å². The first-order valence-electron chi connectivity index (χ1n) is 5.27. The zero-order valence-corrected chi connectivity index (χ0v) is 14.1. The fraction of sp³-hybridized carbons (Fsp3) is 0.167. The van der Waals surface area contributed by atoms with Gasteiger partial charge >= 0.3 is 5.97 Å². The Morgan fingerprint density at radius 3 is 2.58 bits per heavy atom. The van der Waals surface area contributed by atoms with Crippen LogP contribution in [0, 0.1) is 6.92 Å². The van der Waals surface area contributed by atoms with E-state index >= 15 is 0 Å². The number of carbonyl (C=O) groups excluding carboxylic acids is 1. The number of hydrogen-bond donors (Lipinski definition) is 1. The SMILES string of the molecule is COC(=O)c1csc(Nc2c(Br)cc(C)cc2Br)n1. The molecule has 0 unspecified atom stereocenters. The van der Waals surface area contributed by atoms with Crippen molar-refractivity contribution in [2.24, 2.45) is 0 Å². The molecular formula is C12H10Br2N2O2S. The molecule has 2 rings (SSSR count). The standard InChI is InChI=1S/C12H10Br2N2O2S/c1-6-3-7(13)10(8(14)4-6)16-12-15-9(5-19-12)11(17)18-2/h3-5H,1-2H3,(H,15,16). The molecule has 0 saturated heterocycles. The monoisotopic (exact) mass is 404 g/mol. The van der Waals surface area contributed by atoms with Gasteiger partial charge in [-0.3, -0.25) is 0 Å². The van der Waals surface area contributed by atoms with Gasteiger partial charge in [-0.2, -0.15) is 0 Å². The van der Waals surface area contributed by atoms with E-state index in [4.69, 9.17) is 0 Å². The highest BCUT2D eigenvalue weighted by molar-refractivity contribution is 9.11. The molecule has 2 aromatic rings. The van der Waals surface area contributed by atoms with Crippen LogP contribution in [0.25, 0.3) is 0 Å². The van der Waals surface area contributed by atoms with Crippen LogP contribution >= 0.6 is 43.2 Å². The lowest BCUT2D eigenvalue weighted by molar-refractivity contribution is 0.0595. The summed E-state index contributed by atoms with van der Waals surface area (Å²) in [6.45, 7) is 2.01. The number of esters is 1. The Balaban J connectivity index is 2.27. The molecule has 7 heteroatoms. The highest BCUT2D eigenvalue weighted by Gasteiger charge is 2.13. The van der Waals surface area contributed by atoms with Gasteiger partial charge < -0.3 is 10.1 Å². The molecule has 0 aliphatic heterocycles. The number of rotatable bonds is 3. The summed E-state index contributed by atoms with van der Waals surface area (Å²) in [6.07, 6.45) is 0. The molecule has 1 aromatic heterocycles. The van der Waals surface area contributed by atoms with Crippen molar-refractivity contribution in [3.63, 3.8) is 0 Å². The second kappa shape index (κ2) is 6.02. The van der Waals surface area contributed by atoms with E-state index < -0.39 is 5.97 Å². The van der Waals surface area contributed by atoms with Crippen molar-refractivity contribution in [2.45, 2.75) is 6.92 Å². The molecule has 0 fully saturated rings. The van der Waals surface area contributed by atoms with Gasteiger partial charge in [0.25, 0.3) is 0 Å². The molecule has 0 amide bonds. The maximum Gasteiger partial charge on any atom is 0.357 e. The number of anilines is 2. The number of thiazole rings is 1. The Morgan fingerprint density at radius 2 is 2.00 bits per heavy atom.